The van der Waals surface area contributed by atoms with Crippen molar-refractivity contribution in [2.45, 2.75) is 19.9 Å². The lowest BCUT2D eigenvalue weighted by molar-refractivity contribution is -0.116. The zero-order chi connectivity index (χ0) is 21.3. The van der Waals surface area contributed by atoms with Crippen molar-refractivity contribution in [1.29, 1.82) is 0 Å². The number of hydrogen-bond donors (Lipinski definition) is 1. The molecule has 4 rings (SSSR count). The van der Waals surface area contributed by atoms with Gasteiger partial charge in [-0.15, -0.1) is 0 Å². The number of nitrogens with zero attached hydrogens (tertiary/aromatic N) is 4. The molecule has 0 unspecified atom stereocenters. The summed E-state index contributed by atoms with van der Waals surface area (Å²) in [4.78, 5) is 29.9. The Kier molecular flexibility index (Phi) is 5.57. The van der Waals surface area contributed by atoms with E-state index in [0.29, 0.717) is 27.6 Å². The average Bonchev–Trinajstić information content (AvgIpc) is 3.16. The Hall–Kier alpha value is -3.16. The first kappa shape index (κ1) is 20.1. The summed E-state index contributed by atoms with van der Waals surface area (Å²) in [5.41, 5.74) is 1.48. The molecule has 0 aliphatic rings. The van der Waals surface area contributed by atoms with Crippen molar-refractivity contribution in [2.75, 3.05) is 5.32 Å². The molecule has 0 fully saturated rings. The van der Waals surface area contributed by atoms with Gasteiger partial charge in [-0.2, -0.15) is 5.10 Å². The summed E-state index contributed by atoms with van der Waals surface area (Å²) in [5, 5.41) is 8.05. The molecule has 0 aliphatic carbocycles. The Bertz CT molecular complexity index is 1300. The molecule has 0 spiro atoms. The van der Waals surface area contributed by atoms with E-state index in [4.69, 9.17) is 23.2 Å². The quantitative estimate of drug-likeness (QED) is 0.502. The normalized spacial score (nSPS) is 11.0. The van der Waals surface area contributed by atoms with Crippen LogP contribution in [-0.4, -0.2) is 25.2 Å². The van der Waals surface area contributed by atoms with Crippen molar-refractivity contribution in [3.63, 3.8) is 0 Å². The molecule has 0 atom stereocenters. The molecule has 0 bridgehead atoms. The van der Waals surface area contributed by atoms with E-state index in [9.17, 15) is 9.59 Å². The molecule has 4 aromatic rings. The number of carbonyl (C=O) groups is 1. The fraction of sp³-hybridized carbons (Fsp3) is 0.143. The van der Waals surface area contributed by atoms with Crippen LogP contribution in [0.1, 0.15) is 12.2 Å². The third kappa shape index (κ3) is 3.81. The highest BCUT2D eigenvalue weighted by Gasteiger charge is 2.15. The number of anilines is 1. The number of nitrogens with one attached hydrogen (secondary N) is 1. The van der Waals surface area contributed by atoms with Gasteiger partial charge < -0.3 is 5.32 Å². The minimum Gasteiger partial charge on any atom is -0.325 e. The number of amides is 1. The molecule has 2 aromatic heterocycles. The van der Waals surface area contributed by atoms with Crippen LogP contribution in [0.3, 0.4) is 0 Å². The first-order chi connectivity index (χ1) is 14.5. The van der Waals surface area contributed by atoms with Gasteiger partial charge >= 0.3 is 0 Å². The van der Waals surface area contributed by atoms with E-state index in [1.807, 2.05) is 30.3 Å². The van der Waals surface area contributed by atoms with Gasteiger partial charge in [0.1, 0.15) is 11.2 Å². The second kappa shape index (κ2) is 8.30. The maximum Gasteiger partial charge on any atom is 0.264 e. The molecule has 0 aliphatic heterocycles. The zero-order valence-corrected chi connectivity index (χ0v) is 17.5. The second-order valence-corrected chi connectivity index (χ2v) is 7.43. The molecule has 0 saturated heterocycles. The van der Waals surface area contributed by atoms with Crippen molar-refractivity contribution in [3.05, 3.63) is 81.0 Å². The van der Waals surface area contributed by atoms with Gasteiger partial charge in [-0.3, -0.25) is 14.2 Å². The number of hydrogen-bond acceptors (Lipinski definition) is 4. The van der Waals surface area contributed by atoms with E-state index in [0.717, 1.165) is 5.69 Å². The average molecular weight is 442 g/mol. The van der Waals surface area contributed by atoms with Crippen molar-refractivity contribution in [2.24, 2.45) is 0 Å². The summed E-state index contributed by atoms with van der Waals surface area (Å²) < 4.78 is 3.10. The van der Waals surface area contributed by atoms with Gasteiger partial charge in [-0.05, 0) is 31.2 Å². The number of para-hydroxylation sites is 1. The van der Waals surface area contributed by atoms with Crippen LogP contribution in [-0.2, 0) is 11.3 Å². The lowest BCUT2D eigenvalue weighted by Crippen LogP contribution is -2.26. The molecule has 7 nitrogen and oxygen atoms in total. The van der Waals surface area contributed by atoms with Crippen LogP contribution in [0.15, 0.2) is 59.5 Å². The monoisotopic (exact) mass is 441 g/mol. The highest BCUT2D eigenvalue weighted by molar-refractivity contribution is 6.43. The van der Waals surface area contributed by atoms with Crippen LogP contribution in [0.5, 0.6) is 0 Å². The lowest BCUT2D eigenvalue weighted by atomic mass is 10.3. The van der Waals surface area contributed by atoms with Crippen molar-refractivity contribution >= 4 is 45.8 Å². The Morgan fingerprint density at radius 1 is 1.10 bits per heavy atom. The predicted molar refractivity (Wildman–Crippen MR) is 118 cm³/mol. The van der Waals surface area contributed by atoms with E-state index in [-0.39, 0.29) is 29.5 Å². The topological polar surface area (TPSA) is 81.8 Å². The van der Waals surface area contributed by atoms with Crippen LogP contribution in [0, 0.1) is 6.92 Å². The third-order valence-corrected chi connectivity index (χ3v) is 5.49. The van der Waals surface area contributed by atoms with E-state index in [2.05, 4.69) is 15.4 Å². The number of fused-ring (bicyclic) bond motifs is 1. The molecule has 30 heavy (non-hydrogen) atoms. The maximum atomic E-state index is 13.0. The summed E-state index contributed by atoms with van der Waals surface area (Å²) in [7, 11) is 0. The lowest BCUT2D eigenvalue weighted by Gasteiger charge is -2.11. The molecule has 2 aromatic carbocycles. The van der Waals surface area contributed by atoms with Crippen LogP contribution in [0.25, 0.3) is 16.7 Å². The Balaban J connectivity index is 1.57. The highest BCUT2D eigenvalue weighted by Crippen LogP contribution is 2.29. The van der Waals surface area contributed by atoms with Gasteiger partial charge in [-0.25, -0.2) is 9.67 Å². The summed E-state index contributed by atoms with van der Waals surface area (Å²) in [6, 6.07) is 14.5. The third-order valence-electron chi connectivity index (χ3n) is 4.67. The van der Waals surface area contributed by atoms with Gasteiger partial charge in [0, 0.05) is 13.0 Å². The number of aromatic nitrogens is 4. The van der Waals surface area contributed by atoms with Crippen LogP contribution in [0.2, 0.25) is 10.0 Å². The van der Waals surface area contributed by atoms with E-state index < -0.39 is 0 Å². The first-order valence-corrected chi connectivity index (χ1v) is 9.96. The minimum absolute atomic E-state index is 0.0730. The SMILES string of the molecule is Cc1nc2c(cnn2-c2ccccc2)c(=O)n1CCC(=O)Nc1cccc(Cl)c1Cl. The number of halogens is 2. The molecule has 9 heteroatoms. The van der Waals surface area contributed by atoms with E-state index >= 15 is 0 Å². The van der Waals surface area contributed by atoms with Crippen molar-refractivity contribution in [3.8, 4) is 5.69 Å². The largest absolute Gasteiger partial charge is 0.325 e. The molecular weight excluding hydrogens is 425 g/mol. The number of carbonyl (C=O) groups excluding carboxylic acids is 1. The molecule has 1 amide bonds. The van der Waals surface area contributed by atoms with E-state index in [1.54, 1.807) is 29.8 Å². The number of rotatable bonds is 5. The van der Waals surface area contributed by atoms with Gasteiger partial charge in [0.05, 0.1) is 27.6 Å². The second-order valence-electron chi connectivity index (χ2n) is 6.64. The minimum atomic E-state index is -0.287. The van der Waals surface area contributed by atoms with Gasteiger partial charge in [0.25, 0.3) is 5.56 Å². The van der Waals surface area contributed by atoms with Crippen molar-refractivity contribution < 1.29 is 4.79 Å². The molecule has 1 N–H and O–H groups in total. The maximum absolute atomic E-state index is 13.0. The number of benzene rings is 2. The fourth-order valence-corrected chi connectivity index (χ4v) is 3.50. The summed E-state index contributed by atoms with van der Waals surface area (Å²) in [6.45, 7) is 1.91. The fourth-order valence-electron chi connectivity index (χ4n) is 3.15. The summed E-state index contributed by atoms with van der Waals surface area (Å²) in [5.74, 6) is 0.212. The summed E-state index contributed by atoms with van der Waals surface area (Å²) >= 11 is 12.1. The molecule has 152 valence electrons. The smallest absolute Gasteiger partial charge is 0.264 e. The van der Waals surface area contributed by atoms with Gasteiger partial charge in [-0.1, -0.05) is 47.5 Å². The van der Waals surface area contributed by atoms with Crippen LogP contribution in [0.4, 0.5) is 5.69 Å². The van der Waals surface area contributed by atoms with Crippen molar-refractivity contribution in [1.82, 2.24) is 19.3 Å². The standard InChI is InChI=1S/C21H17Cl2N5O2/c1-13-25-20-15(12-24-28(20)14-6-3-2-4-7-14)21(30)27(13)11-10-18(29)26-17-9-5-8-16(22)19(17)23/h2-9,12H,10-11H2,1H3,(H,26,29). The molecule has 2 heterocycles. The van der Waals surface area contributed by atoms with Gasteiger partial charge in [0.15, 0.2) is 5.65 Å². The van der Waals surface area contributed by atoms with Crippen LogP contribution < -0.4 is 10.9 Å². The Labute approximate surface area is 181 Å². The van der Waals surface area contributed by atoms with Crippen LogP contribution >= 0.6 is 23.2 Å². The number of aryl methyl sites for hydroxylation is 1. The molecule has 0 radical (unpaired) electrons. The molecule has 0 saturated carbocycles. The Morgan fingerprint density at radius 3 is 2.63 bits per heavy atom. The summed E-state index contributed by atoms with van der Waals surface area (Å²) in [6.07, 6.45) is 1.57. The Morgan fingerprint density at radius 2 is 1.87 bits per heavy atom. The first-order valence-electron chi connectivity index (χ1n) is 9.20. The van der Waals surface area contributed by atoms with E-state index in [1.165, 1.54) is 10.8 Å². The molecular formula is C21H17Cl2N5O2. The zero-order valence-electron chi connectivity index (χ0n) is 16.0. The predicted octanol–water partition coefficient (Wildman–Crippen LogP) is 4.23. The van der Waals surface area contributed by atoms with Gasteiger partial charge in [0.2, 0.25) is 5.91 Å². The highest BCUT2D eigenvalue weighted by atomic mass is 35.5.